The second-order valence-corrected chi connectivity index (χ2v) is 10.6. The normalized spacial score (nSPS) is 26.9. The zero-order chi connectivity index (χ0) is 23.2. The molecule has 1 aliphatic heterocycles. The van der Waals surface area contributed by atoms with Crippen LogP contribution < -0.4 is 9.64 Å². The number of carbonyl (C=O) groups is 1. The molecule has 4 atom stereocenters. The van der Waals surface area contributed by atoms with Gasteiger partial charge in [-0.2, -0.15) is 0 Å². The Morgan fingerprint density at radius 1 is 1.33 bits per heavy atom. The van der Waals surface area contributed by atoms with Crippen LogP contribution in [-0.2, 0) is 11.8 Å². The van der Waals surface area contributed by atoms with E-state index in [0.29, 0.717) is 29.9 Å². The Labute approximate surface area is 201 Å². The molecule has 1 N–H and O–H groups in total. The standard InChI is InChI=1S/C28H32ClNO3/c1-3-18(2)23-9-6-21(23)15-30-16-28(12-4-5-19-13-22(29)8-10-24(19)28)17-33-26-11-7-20(27(31)32)14-25(26)30/h3,7-8,10-11,13-14,18,21,23H,1,4-6,9,12,15-17H2,2H3,(H,31,32)/t18-,21-,23-,28-/m0/s1. The van der Waals surface area contributed by atoms with Gasteiger partial charge < -0.3 is 14.7 Å². The highest BCUT2D eigenvalue weighted by Crippen LogP contribution is 2.47. The fraction of sp³-hybridized carbons (Fsp3) is 0.464. The maximum Gasteiger partial charge on any atom is 0.335 e. The van der Waals surface area contributed by atoms with E-state index >= 15 is 0 Å². The summed E-state index contributed by atoms with van der Waals surface area (Å²) in [5.41, 5.74) is 3.72. The average molecular weight is 466 g/mol. The van der Waals surface area contributed by atoms with Crippen molar-refractivity contribution >= 4 is 23.3 Å². The minimum absolute atomic E-state index is 0.135. The summed E-state index contributed by atoms with van der Waals surface area (Å²) < 4.78 is 6.44. The number of halogens is 1. The Balaban J connectivity index is 1.55. The number of ether oxygens (including phenoxy) is 1. The summed E-state index contributed by atoms with van der Waals surface area (Å²) in [4.78, 5) is 14.2. The van der Waals surface area contributed by atoms with Crippen LogP contribution in [0.3, 0.4) is 0 Å². The summed E-state index contributed by atoms with van der Waals surface area (Å²) in [5, 5.41) is 10.4. The van der Waals surface area contributed by atoms with Crippen molar-refractivity contribution in [2.24, 2.45) is 17.8 Å². The number of hydrogen-bond donors (Lipinski definition) is 1. The summed E-state index contributed by atoms with van der Waals surface area (Å²) in [7, 11) is 0. The topological polar surface area (TPSA) is 49.8 Å². The van der Waals surface area contributed by atoms with Crippen LogP contribution in [0.5, 0.6) is 5.75 Å². The van der Waals surface area contributed by atoms with Gasteiger partial charge in [0.05, 0.1) is 17.9 Å². The minimum Gasteiger partial charge on any atom is -0.490 e. The van der Waals surface area contributed by atoms with Crippen molar-refractivity contribution in [3.05, 3.63) is 70.8 Å². The van der Waals surface area contributed by atoms with E-state index in [-0.39, 0.29) is 5.41 Å². The van der Waals surface area contributed by atoms with Crippen LogP contribution >= 0.6 is 11.6 Å². The van der Waals surface area contributed by atoms with Crippen molar-refractivity contribution in [3.8, 4) is 5.75 Å². The summed E-state index contributed by atoms with van der Waals surface area (Å²) in [6.45, 7) is 8.60. The summed E-state index contributed by atoms with van der Waals surface area (Å²) in [6.07, 6.45) is 7.69. The number of nitrogens with zero attached hydrogens (tertiary/aromatic N) is 1. The van der Waals surface area contributed by atoms with E-state index in [1.807, 2.05) is 12.1 Å². The molecule has 33 heavy (non-hydrogen) atoms. The molecule has 1 spiro atoms. The molecule has 0 bridgehead atoms. The number of carboxylic acid groups (broad SMARTS) is 1. The summed E-state index contributed by atoms with van der Waals surface area (Å²) >= 11 is 6.33. The molecule has 1 heterocycles. The molecule has 5 heteroatoms. The molecule has 3 aliphatic rings. The van der Waals surface area contributed by atoms with Crippen LogP contribution in [0.2, 0.25) is 5.02 Å². The van der Waals surface area contributed by atoms with Crippen LogP contribution in [0.1, 0.15) is 54.1 Å². The van der Waals surface area contributed by atoms with E-state index in [4.69, 9.17) is 16.3 Å². The number of anilines is 1. The SMILES string of the molecule is C=C[C@H](C)[C@@H]1CC[C@H]1CN1C[C@@]2(CCCc3cc(Cl)ccc32)COc2ccc(C(=O)O)cc21. The average Bonchev–Trinajstić information content (AvgIpc) is 2.93. The van der Waals surface area contributed by atoms with Gasteiger partial charge in [-0.05, 0) is 91.3 Å². The van der Waals surface area contributed by atoms with Gasteiger partial charge in [0.2, 0.25) is 0 Å². The molecular formula is C28H32ClNO3. The molecule has 0 aromatic heterocycles. The first kappa shape index (κ1) is 22.3. The highest BCUT2D eigenvalue weighted by atomic mass is 35.5. The van der Waals surface area contributed by atoms with Gasteiger partial charge in [-0.15, -0.1) is 6.58 Å². The molecule has 0 radical (unpaired) electrons. The Morgan fingerprint density at radius 2 is 2.18 bits per heavy atom. The van der Waals surface area contributed by atoms with Crippen LogP contribution in [0, 0.1) is 17.8 Å². The van der Waals surface area contributed by atoms with Crippen molar-refractivity contribution < 1.29 is 14.6 Å². The number of fused-ring (bicyclic) bond motifs is 3. The van der Waals surface area contributed by atoms with E-state index < -0.39 is 5.97 Å². The number of rotatable bonds is 5. The second kappa shape index (κ2) is 8.72. The Morgan fingerprint density at radius 3 is 2.91 bits per heavy atom. The highest BCUT2D eigenvalue weighted by Gasteiger charge is 2.43. The number of hydrogen-bond acceptors (Lipinski definition) is 3. The van der Waals surface area contributed by atoms with Crippen molar-refractivity contribution in [3.63, 3.8) is 0 Å². The number of benzene rings is 2. The first-order valence-electron chi connectivity index (χ1n) is 12.1. The summed E-state index contributed by atoms with van der Waals surface area (Å²) in [6, 6.07) is 11.6. The van der Waals surface area contributed by atoms with Gasteiger partial charge in [0.15, 0.2) is 0 Å². The van der Waals surface area contributed by atoms with Crippen LogP contribution in [0.25, 0.3) is 0 Å². The molecule has 1 saturated carbocycles. The number of carboxylic acids is 1. The predicted molar refractivity (Wildman–Crippen MR) is 133 cm³/mol. The molecule has 4 nitrogen and oxygen atoms in total. The predicted octanol–water partition coefficient (Wildman–Crippen LogP) is 6.36. The number of aromatic carboxylic acids is 1. The monoisotopic (exact) mass is 465 g/mol. The van der Waals surface area contributed by atoms with Gasteiger partial charge in [-0.3, -0.25) is 0 Å². The van der Waals surface area contributed by atoms with Crippen molar-refractivity contribution in [2.75, 3.05) is 24.6 Å². The van der Waals surface area contributed by atoms with E-state index in [1.54, 1.807) is 12.1 Å². The molecule has 174 valence electrons. The maximum absolute atomic E-state index is 11.8. The van der Waals surface area contributed by atoms with Crippen molar-refractivity contribution in [2.45, 2.75) is 44.4 Å². The van der Waals surface area contributed by atoms with Gasteiger partial charge in [0.25, 0.3) is 0 Å². The lowest BCUT2D eigenvalue weighted by Crippen LogP contribution is -2.48. The van der Waals surface area contributed by atoms with Crippen molar-refractivity contribution in [1.29, 1.82) is 0 Å². The lowest BCUT2D eigenvalue weighted by molar-refractivity contribution is 0.0697. The third-order valence-corrected chi connectivity index (χ3v) is 8.50. The van der Waals surface area contributed by atoms with E-state index in [2.05, 4.69) is 36.6 Å². The Kier molecular flexibility index (Phi) is 5.90. The molecule has 0 unspecified atom stereocenters. The molecule has 1 fully saturated rings. The van der Waals surface area contributed by atoms with Gasteiger partial charge in [-0.25, -0.2) is 4.79 Å². The molecule has 0 saturated heterocycles. The first-order chi connectivity index (χ1) is 15.9. The Hall–Kier alpha value is -2.46. The smallest absolute Gasteiger partial charge is 0.335 e. The molecule has 5 rings (SSSR count). The molecule has 0 amide bonds. The second-order valence-electron chi connectivity index (χ2n) is 10.2. The van der Waals surface area contributed by atoms with Crippen LogP contribution in [-0.4, -0.2) is 30.8 Å². The van der Waals surface area contributed by atoms with E-state index in [1.165, 1.54) is 24.0 Å². The van der Waals surface area contributed by atoms with Gasteiger partial charge in [0, 0.05) is 23.5 Å². The third kappa shape index (κ3) is 4.03. The maximum atomic E-state index is 11.8. The molecule has 2 aromatic rings. The highest BCUT2D eigenvalue weighted by molar-refractivity contribution is 6.30. The zero-order valence-corrected chi connectivity index (χ0v) is 20.0. The quantitative estimate of drug-likeness (QED) is 0.522. The van der Waals surface area contributed by atoms with Gasteiger partial charge >= 0.3 is 5.97 Å². The van der Waals surface area contributed by atoms with Gasteiger partial charge in [-0.1, -0.05) is 30.7 Å². The number of allylic oxidation sites excluding steroid dienone is 1. The number of aryl methyl sites for hydroxylation is 1. The fourth-order valence-electron chi connectivity index (χ4n) is 6.22. The minimum atomic E-state index is -0.906. The molecular weight excluding hydrogens is 434 g/mol. The zero-order valence-electron chi connectivity index (χ0n) is 19.2. The summed E-state index contributed by atoms with van der Waals surface area (Å²) in [5.74, 6) is 1.57. The van der Waals surface area contributed by atoms with Crippen molar-refractivity contribution in [1.82, 2.24) is 0 Å². The van der Waals surface area contributed by atoms with E-state index in [0.717, 1.165) is 48.8 Å². The largest absolute Gasteiger partial charge is 0.490 e. The first-order valence-corrected chi connectivity index (χ1v) is 12.4. The van der Waals surface area contributed by atoms with Crippen LogP contribution in [0.4, 0.5) is 5.69 Å². The fourth-order valence-corrected chi connectivity index (χ4v) is 6.41. The Bertz CT molecular complexity index is 1080. The van der Waals surface area contributed by atoms with E-state index in [9.17, 15) is 9.90 Å². The van der Waals surface area contributed by atoms with Crippen LogP contribution in [0.15, 0.2) is 49.1 Å². The molecule has 2 aromatic carbocycles. The lowest BCUT2D eigenvalue weighted by Gasteiger charge is -2.45. The molecule has 2 aliphatic carbocycles. The van der Waals surface area contributed by atoms with Gasteiger partial charge in [0.1, 0.15) is 5.75 Å². The third-order valence-electron chi connectivity index (χ3n) is 8.26. The lowest BCUT2D eigenvalue weighted by atomic mass is 9.66.